The van der Waals surface area contributed by atoms with Gasteiger partial charge in [0.2, 0.25) is 15.9 Å². The molecule has 2 unspecified atom stereocenters. The molecule has 2 atom stereocenters. The lowest BCUT2D eigenvalue weighted by atomic mass is 9.94. The third-order valence-electron chi connectivity index (χ3n) is 3.09. The van der Waals surface area contributed by atoms with Crippen LogP contribution in [0.4, 0.5) is 0 Å². The number of rotatable bonds is 9. The van der Waals surface area contributed by atoms with E-state index in [1.165, 1.54) is 6.92 Å². The quantitative estimate of drug-likeness (QED) is 0.572. The normalized spacial score (nSPS) is 16.7. The number of aliphatic hydroxyl groups excluding tert-OH is 1. The predicted molar refractivity (Wildman–Crippen MR) is 75.2 cm³/mol. The van der Waals surface area contributed by atoms with E-state index in [9.17, 15) is 13.2 Å². The molecule has 0 aromatic heterocycles. The molecule has 0 aliphatic carbocycles. The number of aliphatic hydroxyl groups is 1. The Hall–Kier alpha value is -0.660. The molecule has 6 nitrogen and oxygen atoms in total. The summed E-state index contributed by atoms with van der Waals surface area (Å²) in [5.74, 6) is -0.371. The molecule has 0 aliphatic rings. The van der Waals surface area contributed by atoms with Crippen LogP contribution in [0.3, 0.4) is 0 Å². The van der Waals surface area contributed by atoms with Crippen LogP contribution in [0.5, 0.6) is 0 Å². The Balaban J connectivity index is 4.58. The molecule has 0 spiro atoms. The maximum Gasteiger partial charge on any atom is 0.238 e. The first-order valence-corrected chi connectivity index (χ1v) is 8.27. The first-order valence-electron chi connectivity index (χ1n) is 6.62. The summed E-state index contributed by atoms with van der Waals surface area (Å²) in [6, 6.07) is -0.818. The lowest BCUT2D eigenvalue weighted by Gasteiger charge is -2.30. The lowest BCUT2D eigenvalue weighted by Crippen LogP contribution is -2.53. The van der Waals surface area contributed by atoms with Gasteiger partial charge in [-0.2, -0.15) is 0 Å². The topological polar surface area (TPSA) is 95.5 Å². The molecule has 1 amide bonds. The molecular formula is C12H26N2O4S. The van der Waals surface area contributed by atoms with Crippen LogP contribution in [-0.4, -0.2) is 43.4 Å². The van der Waals surface area contributed by atoms with Crippen molar-refractivity contribution in [2.45, 2.75) is 58.5 Å². The Morgan fingerprint density at radius 1 is 1.37 bits per heavy atom. The molecule has 0 rings (SSSR count). The highest BCUT2D eigenvalue weighted by Crippen LogP contribution is 2.13. The maximum atomic E-state index is 12.0. The van der Waals surface area contributed by atoms with Crippen LogP contribution in [0, 0.1) is 0 Å². The van der Waals surface area contributed by atoms with E-state index in [0.29, 0.717) is 19.3 Å². The van der Waals surface area contributed by atoms with Gasteiger partial charge in [-0.25, -0.2) is 13.1 Å². The summed E-state index contributed by atoms with van der Waals surface area (Å²) in [4.78, 5) is 12.0. The Morgan fingerprint density at radius 3 is 2.37 bits per heavy atom. The molecule has 0 saturated carbocycles. The number of carbonyl (C=O) groups is 1. The van der Waals surface area contributed by atoms with Crippen LogP contribution < -0.4 is 10.0 Å². The average Bonchev–Trinajstić information content (AvgIpc) is 2.28. The third-order valence-corrected chi connectivity index (χ3v) is 4.75. The van der Waals surface area contributed by atoms with Crippen LogP contribution in [-0.2, 0) is 14.8 Å². The SMILES string of the molecule is CCCS(=O)(=O)NC(C)C(=O)NC(C)(CC)CCO. The van der Waals surface area contributed by atoms with Crippen LogP contribution in [0.1, 0.15) is 47.0 Å². The van der Waals surface area contributed by atoms with Crippen molar-refractivity contribution < 1.29 is 18.3 Å². The van der Waals surface area contributed by atoms with E-state index in [-0.39, 0.29) is 18.3 Å². The minimum atomic E-state index is -3.41. The number of hydrogen-bond acceptors (Lipinski definition) is 4. The van der Waals surface area contributed by atoms with Crippen molar-refractivity contribution in [1.82, 2.24) is 10.0 Å². The van der Waals surface area contributed by atoms with E-state index in [1.807, 2.05) is 13.8 Å². The monoisotopic (exact) mass is 294 g/mol. The third kappa shape index (κ3) is 6.89. The number of amides is 1. The molecule has 0 bridgehead atoms. The van der Waals surface area contributed by atoms with Crippen LogP contribution in [0.2, 0.25) is 0 Å². The van der Waals surface area contributed by atoms with Crippen molar-refractivity contribution in [2.24, 2.45) is 0 Å². The summed E-state index contributed by atoms with van der Waals surface area (Å²) in [6.07, 6.45) is 1.60. The Kier molecular flexibility index (Phi) is 7.54. The number of hydrogen-bond donors (Lipinski definition) is 3. The second-order valence-electron chi connectivity index (χ2n) is 5.04. The minimum absolute atomic E-state index is 0.00626. The molecule has 0 aromatic carbocycles. The van der Waals surface area contributed by atoms with Gasteiger partial charge in [0.1, 0.15) is 0 Å². The fourth-order valence-electron chi connectivity index (χ4n) is 1.63. The molecule has 0 fully saturated rings. The molecule has 114 valence electrons. The summed E-state index contributed by atoms with van der Waals surface area (Å²) < 4.78 is 25.5. The van der Waals surface area contributed by atoms with Gasteiger partial charge in [-0.15, -0.1) is 0 Å². The minimum Gasteiger partial charge on any atom is -0.396 e. The maximum absolute atomic E-state index is 12.0. The van der Waals surface area contributed by atoms with Crippen LogP contribution >= 0.6 is 0 Å². The summed E-state index contributed by atoms with van der Waals surface area (Å²) >= 11 is 0. The van der Waals surface area contributed by atoms with E-state index in [1.54, 1.807) is 6.92 Å². The van der Waals surface area contributed by atoms with Gasteiger partial charge in [0.25, 0.3) is 0 Å². The van der Waals surface area contributed by atoms with E-state index in [0.717, 1.165) is 0 Å². The molecule has 0 radical (unpaired) electrons. The van der Waals surface area contributed by atoms with Crippen molar-refractivity contribution in [1.29, 1.82) is 0 Å². The van der Waals surface area contributed by atoms with Crippen molar-refractivity contribution >= 4 is 15.9 Å². The predicted octanol–water partition coefficient (Wildman–Crippen LogP) is 0.372. The second kappa shape index (κ2) is 7.81. The van der Waals surface area contributed by atoms with Gasteiger partial charge in [-0.3, -0.25) is 4.79 Å². The first-order chi connectivity index (χ1) is 8.69. The fraction of sp³-hybridized carbons (Fsp3) is 0.917. The highest BCUT2D eigenvalue weighted by Gasteiger charge is 2.27. The Morgan fingerprint density at radius 2 is 1.95 bits per heavy atom. The summed E-state index contributed by atoms with van der Waals surface area (Å²) in [5, 5.41) is 11.8. The van der Waals surface area contributed by atoms with Gasteiger partial charge in [0.05, 0.1) is 11.8 Å². The van der Waals surface area contributed by atoms with Crippen LogP contribution in [0.15, 0.2) is 0 Å². The first kappa shape index (κ1) is 18.3. The van der Waals surface area contributed by atoms with Gasteiger partial charge >= 0.3 is 0 Å². The fourth-order valence-corrected chi connectivity index (χ4v) is 2.93. The van der Waals surface area contributed by atoms with Gasteiger partial charge in [0, 0.05) is 12.1 Å². The highest BCUT2D eigenvalue weighted by atomic mass is 32.2. The summed E-state index contributed by atoms with van der Waals surface area (Å²) in [5.41, 5.74) is -0.518. The van der Waals surface area contributed by atoms with Crippen molar-refractivity contribution in [2.75, 3.05) is 12.4 Å². The lowest BCUT2D eigenvalue weighted by molar-refractivity contribution is -0.124. The van der Waals surface area contributed by atoms with Crippen molar-refractivity contribution in [3.05, 3.63) is 0 Å². The Bertz CT molecular complexity index is 383. The van der Waals surface area contributed by atoms with Crippen molar-refractivity contribution in [3.63, 3.8) is 0 Å². The van der Waals surface area contributed by atoms with Gasteiger partial charge < -0.3 is 10.4 Å². The number of nitrogens with one attached hydrogen (secondary N) is 2. The van der Waals surface area contributed by atoms with Gasteiger partial charge in [-0.1, -0.05) is 13.8 Å². The van der Waals surface area contributed by atoms with Crippen LogP contribution in [0.25, 0.3) is 0 Å². The zero-order valence-electron chi connectivity index (χ0n) is 12.2. The zero-order valence-corrected chi connectivity index (χ0v) is 13.0. The van der Waals surface area contributed by atoms with Gasteiger partial charge in [0.15, 0.2) is 0 Å². The van der Waals surface area contributed by atoms with Crippen molar-refractivity contribution in [3.8, 4) is 0 Å². The van der Waals surface area contributed by atoms with E-state index in [2.05, 4.69) is 10.0 Å². The molecule has 0 aromatic rings. The summed E-state index contributed by atoms with van der Waals surface area (Å²) in [7, 11) is -3.41. The smallest absolute Gasteiger partial charge is 0.238 e. The second-order valence-corrected chi connectivity index (χ2v) is 6.91. The van der Waals surface area contributed by atoms with Gasteiger partial charge in [-0.05, 0) is 33.1 Å². The molecular weight excluding hydrogens is 268 g/mol. The van der Waals surface area contributed by atoms with E-state index < -0.39 is 21.6 Å². The molecule has 0 saturated heterocycles. The molecule has 3 N–H and O–H groups in total. The molecule has 7 heteroatoms. The molecule has 19 heavy (non-hydrogen) atoms. The molecule has 0 aliphatic heterocycles. The standard InChI is InChI=1S/C12H26N2O4S/c1-5-9-19(17,18)14-10(3)11(16)13-12(4,6-2)7-8-15/h10,14-15H,5-9H2,1-4H3,(H,13,16). The van der Waals surface area contributed by atoms with E-state index in [4.69, 9.17) is 5.11 Å². The average molecular weight is 294 g/mol. The number of sulfonamides is 1. The largest absolute Gasteiger partial charge is 0.396 e. The zero-order chi connectivity index (χ0) is 15.1. The molecule has 0 heterocycles. The number of carbonyl (C=O) groups excluding carboxylic acids is 1. The van der Waals surface area contributed by atoms with E-state index >= 15 is 0 Å². The highest BCUT2D eigenvalue weighted by molar-refractivity contribution is 7.89. The Labute approximate surface area is 116 Å². The summed E-state index contributed by atoms with van der Waals surface area (Å²) in [6.45, 7) is 6.98.